The number of fused-ring (bicyclic) bond motifs is 1. The first-order valence-corrected chi connectivity index (χ1v) is 8.08. The molecule has 0 radical (unpaired) electrons. The van der Waals surface area contributed by atoms with Gasteiger partial charge in [-0.2, -0.15) is 0 Å². The molecule has 0 bridgehead atoms. The minimum absolute atomic E-state index is 0. The summed E-state index contributed by atoms with van der Waals surface area (Å²) in [6.07, 6.45) is 3.65. The molecule has 1 saturated heterocycles. The SMILES string of the molecule is Br.CCCc1ccc2c(c1)c(=O)n(C1CCNCC1)c(=O)n2C. The van der Waals surface area contributed by atoms with Gasteiger partial charge in [0.15, 0.2) is 0 Å². The molecule has 3 rings (SSSR count). The third-order valence-electron chi connectivity index (χ3n) is 4.58. The Balaban J connectivity index is 0.00000192. The van der Waals surface area contributed by atoms with Crippen LogP contribution in [-0.2, 0) is 13.5 Å². The number of aryl methyl sites for hydroxylation is 2. The molecule has 2 aromatic rings. The lowest BCUT2D eigenvalue weighted by Crippen LogP contribution is -2.44. The lowest BCUT2D eigenvalue weighted by atomic mass is 10.1. The largest absolute Gasteiger partial charge is 0.331 e. The number of rotatable bonds is 3. The molecule has 0 atom stereocenters. The summed E-state index contributed by atoms with van der Waals surface area (Å²) in [6.45, 7) is 3.83. The van der Waals surface area contributed by atoms with Crippen LogP contribution in [0.25, 0.3) is 10.9 Å². The third-order valence-corrected chi connectivity index (χ3v) is 4.58. The summed E-state index contributed by atoms with van der Waals surface area (Å²) in [5, 5.41) is 3.94. The van der Waals surface area contributed by atoms with Crippen molar-refractivity contribution in [2.24, 2.45) is 7.05 Å². The maximum atomic E-state index is 12.9. The first-order chi connectivity index (χ1) is 10.6. The van der Waals surface area contributed by atoms with Gasteiger partial charge in [0.25, 0.3) is 5.56 Å². The van der Waals surface area contributed by atoms with E-state index in [0.717, 1.165) is 49.9 Å². The van der Waals surface area contributed by atoms with E-state index in [1.54, 1.807) is 11.6 Å². The summed E-state index contributed by atoms with van der Waals surface area (Å²) in [5.41, 5.74) is 1.54. The zero-order valence-electron chi connectivity index (χ0n) is 13.7. The Kier molecular flexibility index (Phi) is 5.81. The highest BCUT2D eigenvalue weighted by molar-refractivity contribution is 8.93. The van der Waals surface area contributed by atoms with Gasteiger partial charge in [-0.1, -0.05) is 19.4 Å². The van der Waals surface area contributed by atoms with E-state index in [1.165, 1.54) is 4.57 Å². The molecule has 0 spiro atoms. The zero-order valence-corrected chi connectivity index (χ0v) is 15.4. The highest BCUT2D eigenvalue weighted by atomic mass is 79.9. The van der Waals surface area contributed by atoms with Gasteiger partial charge >= 0.3 is 5.69 Å². The van der Waals surface area contributed by atoms with Gasteiger partial charge in [-0.25, -0.2) is 4.79 Å². The van der Waals surface area contributed by atoms with Crippen molar-refractivity contribution in [3.8, 4) is 0 Å². The quantitative estimate of drug-likeness (QED) is 0.885. The van der Waals surface area contributed by atoms with E-state index in [-0.39, 0.29) is 34.3 Å². The number of piperidine rings is 1. The van der Waals surface area contributed by atoms with E-state index in [1.807, 2.05) is 18.2 Å². The van der Waals surface area contributed by atoms with Crippen molar-refractivity contribution < 1.29 is 0 Å². The van der Waals surface area contributed by atoms with Crippen LogP contribution < -0.4 is 16.6 Å². The standard InChI is InChI=1S/C17H23N3O2.BrH/c1-3-4-12-5-6-15-14(11-12)16(21)20(17(22)19(15)2)13-7-9-18-10-8-13;/h5-6,11,13,18H,3-4,7-10H2,1-2H3;1H. The molecule has 0 aliphatic carbocycles. The van der Waals surface area contributed by atoms with Crippen LogP contribution in [0.15, 0.2) is 27.8 Å². The molecule has 1 aromatic heterocycles. The van der Waals surface area contributed by atoms with Gasteiger partial charge in [-0.05, 0) is 50.0 Å². The second-order valence-corrected chi connectivity index (χ2v) is 6.10. The monoisotopic (exact) mass is 381 g/mol. The molecule has 126 valence electrons. The molecule has 1 aromatic carbocycles. The summed E-state index contributed by atoms with van der Waals surface area (Å²) >= 11 is 0. The number of aromatic nitrogens is 2. The minimum Gasteiger partial charge on any atom is -0.317 e. The van der Waals surface area contributed by atoms with E-state index in [0.29, 0.717) is 5.39 Å². The molecule has 1 fully saturated rings. The van der Waals surface area contributed by atoms with Crippen molar-refractivity contribution in [3.63, 3.8) is 0 Å². The van der Waals surface area contributed by atoms with Crippen LogP contribution in [0.4, 0.5) is 0 Å². The van der Waals surface area contributed by atoms with Crippen LogP contribution in [-0.4, -0.2) is 22.2 Å². The number of hydrogen-bond acceptors (Lipinski definition) is 3. The second kappa shape index (κ2) is 7.45. The molecule has 1 aliphatic rings. The molecule has 0 amide bonds. The fourth-order valence-electron chi connectivity index (χ4n) is 3.36. The van der Waals surface area contributed by atoms with E-state index >= 15 is 0 Å². The highest BCUT2D eigenvalue weighted by Crippen LogP contribution is 2.17. The van der Waals surface area contributed by atoms with E-state index in [2.05, 4.69) is 12.2 Å². The molecule has 0 unspecified atom stereocenters. The lowest BCUT2D eigenvalue weighted by Gasteiger charge is -2.25. The van der Waals surface area contributed by atoms with Crippen LogP contribution >= 0.6 is 17.0 Å². The smallest absolute Gasteiger partial charge is 0.317 e. The van der Waals surface area contributed by atoms with E-state index < -0.39 is 0 Å². The Labute approximate surface area is 146 Å². The molecule has 6 heteroatoms. The van der Waals surface area contributed by atoms with Gasteiger partial charge in [-0.3, -0.25) is 13.9 Å². The Bertz CT molecular complexity index is 804. The van der Waals surface area contributed by atoms with Crippen molar-refractivity contribution >= 4 is 27.9 Å². The number of nitrogens with zero attached hydrogens (tertiary/aromatic N) is 2. The maximum Gasteiger partial charge on any atom is 0.331 e. The first-order valence-electron chi connectivity index (χ1n) is 8.08. The van der Waals surface area contributed by atoms with Gasteiger partial charge in [0, 0.05) is 13.1 Å². The number of hydrogen-bond donors (Lipinski definition) is 1. The summed E-state index contributed by atoms with van der Waals surface area (Å²) in [4.78, 5) is 25.5. The molecule has 1 N–H and O–H groups in total. The molecule has 2 heterocycles. The molecule has 23 heavy (non-hydrogen) atoms. The van der Waals surface area contributed by atoms with Crippen molar-refractivity contribution in [1.29, 1.82) is 0 Å². The molecular formula is C17H24BrN3O2. The Hall–Kier alpha value is -1.40. The molecule has 5 nitrogen and oxygen atoms in total. The Morgan fingerprint density at radius 1 is 1.22 bits per heavy atom. The summed E-state index contributed by atoms with van der Waals surface area (Å²) in [7, 11) is 1.75. The van der Waals surface area contributed by atoms with Crippen LogP contribution in [0.3, 0.4) is 0 Å². The second-order valence-electron chi connectivity index (χ2n) is 6.10. The Morgan fingerprint density at radius 3 is 2.57 bits per heavy atom. The van der Waals surface area contributed by atoms with Crippen LogP contribution in [0, 0.1) is 0 Å². The number of benzene rings is 1. The van der Waals surface area contributed by atoms with Crippen LogP contribution in [0.1, 0.15) is 37.8 Å². The first kappa shape index (κ1) is 17.9. The predicted octanol–water partition coefficient (Wildman–Crippen LogP) is 2.16. The summed E-state index contributed by atoms with van der Waals surface area (Å²) in [6, 6.07) is 5.87. The normalized spacial score (nSPS) is 15.6. The fourth-order valence-corrected chi connectivity index (χ4v) is 3.36. The average Bonchev–Trinajstić information content (AvgIpc) is 2.54. The van der Waals surface area contributed by atoms with Crippen molar-refractivity contribution in [2.75, 3.05) is 13.1 Å². The van der Waals surface area contributed by atoms with Gasteiger partial charge < -0.3 is 5.32 Å². The van der Waals surface area contributed by atoms with Gasteiger partial charge in [-0.15, -0.1) is 17.0 Å². The maximum absolute atomic E-state index is 12.9. The zero-order chi connectivity index (χ0) is 15.7. The van der Waals surface area contributed by atoms with Gasteiger partial charge in [0.05, 0.1) is 10.9 Å². The molecular weight excluding hydrogens is 358 g/mol. The van der Waals surface area contributed by atoms with Crippen LogP contribution in [0.5, 0.6) is 0 Å². The van der Waals surface area contributed by atoms with Crippen molar-refractivity contribution in [3.05, 3.63) is 44.6 Å². The average molecular weight is 382 g/mol. The van der Waals surface area contributed by atoms with Gasteiger partial charge in [0.2, 0.25) is 0 Å². The van der Waals surface area contributed by atoms with E-state index in [9.17, 15) is 9.59 Å². The Morgan fingerprint density at radius 2 is 1.91 bits per heavy atom. The molecule has 0 saturated carbocycles. The molecule has 1 aliphatic heterocycles. The van der Waals surface area contributed by atoms with Crippen molar-refractivity contribution in [1.82, 2.24) is 14.5 Å². The van der Waals surface area contributed by atoms with Gasteiger partial charge in [0.1, 0.15) is 0 Å². The van der Waals surface area contributed by atoms with E-state index in [4.69, 9.17) is 0 Å². The number of halogens is 1. The van der Waals surface area contributed by atoms with Crippen LogP contribution in [0.2, 0.25) is 0 Å². The fraction of sp³-hybridized carbons (Fsp3) is 0.529. The lowest BCUT2D eigenvalue weighted by molar-refractivity contribution is 0.347. The minimum atomic E-state index is -0.201. The third kappa shape index (κ3) is 3.28. The highest BCUT2D eigenvalue weighted by Gasteiger charge is 2.21. The topological polar surface area (TPSA) is 56.0 Å². The van der Waals surface area contributed by atoms with Crippen molar-refractivity contribution in [2.45, 2.75) is 38.6 Å². The summed E-state index contributed by atoms with van der Waals surface area (Å²) in [5.74, 6) is 0. The number of nitrogens with one attached hydrogen (secondary N) is 1. The summed E-state index contributed by atoms with van der Waals surface area (Å²) < 4.78 is 3.08. The predicted molar refractivity (Wildman–Crippen MR) is 98.9 cm³/mol.